The van der Waals surface area contributed by atoms with Gasteiger partial charge in [-0.2, -0.15) is 0 Å². The first kappa shape index (κ1) is 15.5. The Bertz CT molecular complexity index is 673. The number of anilines is 1. The molecule has 0 saturated heterocycles. The number of aryl methyl sites for hydroxylation is 1. The SMILES string of the molecule is CCOc1ccc(C(=O)Nc2ccc(Br)cc2F)cc1C. The van der Waals surface area contributed by atoms with E-state index in [-0.39, 0.29) is 11.6 Å². The summed E-state index contributed by atoms with van der Waals surface area (Å²) in [5, 5.41) is 2.56. The number of hydrogen-bond acceptors (Lipinski definition) is 2. The summed E-state index contributed by atoms with van der Waals surface area (Å²) < 4.78 is 19.8. The molecule has 110 valence electrons. The van der Waals surface area contributed by atoms with E-state index < -0.39 is 5.82 Å². The van der Waals surface area contributed by atoms with Crippen LogP contribution < -0.4 is 10.1 Å². The summed E-state index contributed by atoms with van der Waals surface area (Å²) in [5.74, 6) is -0.105. The Morgan fingerprint density at radius 2 is 2.05 bits per heavy atom. The standard InChI is InChI=1S/C16H15BrFNO2/c1-3-21-15-7-4-11(8-10(15)2)16(20)19-14-6-5-12(17)9-13(14)18/h4-9H,3H2,1-2H3,(H,19,20). The van der Waals surface area contributed by atoms with Gasteiger partial charge in [0.2, 0.25) is 0 Å². The largest absolute Gasteiger partial charge is 0.494 e. The van der Waals surface area contributed by atoms with E-state index >= 15 is 0 Å². The number of hydrogen-bond donors (Lipinski definition) is 1. The molecule has 2 rings (SSSR count). The van der Waals surface area contributed by atoms with Crippen molar-refractivity contribution in [3.05, 3.63) is 57.8 Å². The van der Waals surface area contributed by atoms with Gasteiger partial charge in [0.15, 0.2) is 0 Å². The van der Waals surface area contributed by atoms with E-state index in [1.807, 2.05) is 13.8 Å². The quantitative estimate of drug-likeness (QED) is 0.877. The molecule has 0 unspecified atom stereocenters. The number of benzene rings is 2. The molecule has 0 aliphatic heterocycles. The van der Waals surface area contributed by atoms with Crippen molar-refractivity contribution < 1.29 is 13.9 Å². The third kappa shape index (κ3) is 3.82. The summed E-state index contributed by atoms with van der Waals surface area (Å²) in [7, 11) is 0. The smallest absolute Gasteiger partial charge is 0.255 e. The molecule has 0 bridgehead atoms. The average molecular weight is 352 g/mol. The average Bonchev–Trinajstić information content (AvgIpc) is 2.44. The number of ether oxygens (including phenoxy) is 1. The van der Waals surface area contributed by atoms with Crippen LogP contribution in [0.3, 0.4) is 0 Å². The minimum Gasteiger partial charge on any atom is -0.494 e. The predicted molar refractivity (Wildman–Crippen MR) is 84.4 cm³/mol. The molecule has 2 aromatic carbocycles. The highest BCUT2D eigenvalue weighted by Gasteiger charge is 2.11. The Labute approximate surface area is 131 Å². The number of nitrogens with one attached hydrogen (secondary N) is 1. The van der Waals surface area contributed by atoms with Crippen LogP contribution >= 0.6 is 15.9 Å². The van der Waals surface area contributed by atoms with Crippen LogP contribution in [0.4, 0.5) is 10.1 Å². The minimum atomic E-state index is -0.486. The van der Waals surface area contributed by atoms with Gasteiger partial charge in [-0.3, -0.25) is 4.79 Å². The normalized spacial score (nSPS) is 10.3. The van der Waals surface area contributed by atoms with E-state index in [4.69, 9.17) is 4.74 Å². The van der Waals surface area contributed by atoms with E-state index in [0.29, 0.717) is 16.6 Å². The molecule has 0 aliphatic carbocycles. The number of carbonyl (C=O) groups is 1. The lowest BCUT2D eigenvalue weighted by atomic mass is 10.1. The summed E-state index contributed by atoms with van der Waals surface area (Å²) in [6, 6.07) is 9.60. The summed E-state index contributed by atoms with van der Waals surface area (Å²) in [4.78, 5) is 12.1. The molecule has 0 radical (unpaired) electrons. The van der Waals surface area contributed by atoms with E-state index in [1.54, 1.807) is 24.3 Å². The zero-order valence-corrected chi connectivity index (χ0v) is 13.3. The second kappa shape index (κ2) is 6.72. The van der Waals surface area contributed by atoms with E-state index in [9.17, 15) is 9.18 Å². The van der Waals surface area contributed by atoms with Crippen LogP contribution in [0.15, 0.2) is 40.9 Å². The molecule has 0 aromatic heterocycles. The van der Waals surface area contributed by atoms with Gasteiger partial charge in [-0.05, 0) is 55.8 Å². The lowest BCUT2D eigenvalue weighted by Crippen LogP contribution is -2.13. The monoisotopic (exact) mass is 351 g/mol. The first-order valence-electron chi connectivity index (χ1n) is 6.51. The Morgan fingerprint density at radius 1 is 1.29 bits per heavy atom. The van der Waals surface area contributed by atoms with Crippen molar-refractivity contribution in [1.82, 2.24) is 0 Å². The van der Waals surface area contributed by atoms with Crippen molar-refractivity contribution in [2.24, 2.45) is 0 Å². The highest BCUT2D eigenvalue weighted by Crippen LogP contribution is 2.22. The van der Waals surface area contributed by atoms with Crippen LogP contribution in [0.25, 0.3) is 0 Å². The zero-order valence-electron chi connectivity index (χ0n) is 11.7. The summed E-state index contributed by atoms with van der Waals surface area (Å²) in [5.41, 5.74) is 1.47. The second-order valence-corrected chi connectivity index (χ2v) is 5.41. The highest BCUT2D eigenvalue weighted by atomic mass is 79.9. The van der Waals surface area contributed by atoms with Crippen LogP contribution in [-0.2, 0) is 0 Å². The van der Waals surface area contributed by atoms with Crippen LogP contribution in [0.5, 0.6) is 5.75 Å². The van der Waals surface area contributed by atoms with Crippen molar-refractivity contribution in [1.29, 1.82) is 0 Å². The van der Waals surface area contributed by atoms with Gasteiger partial charge in [-0.25, -0.2) is 4.39 Å². The molecule has 3 nitrogen and oxygen atoms in total. The number of carbonyl (C=O) groups excluding carboxylic acids is 1. The number of halogens is 2. The van der Waals surface area contributed by atoms with Gasteiger partial charge in [-0.15, -0.1) is 0 Å². The first-order valence-corrected chi connectivity index (χ1v) is 7.30. The molecular formula is C16H15BrFNO2. The molecule has 0 heterocycles. The Balaban J connectivity index is 2.18. The van der Waals surface area contributed by atoms with Crippen LogP contribution in [0.1, 0.15) is 22.8 Å². The van der Waals surface area contributed by atoms with Crippen molar-refractivity contribution in [3.8, 4) is 5.75 Å². The summed E-state index contributed by atoms with van der Waals surface area (Å²) in [6.45, 7) is 4.33. The lowest BCUT2D eigenvalue weighted by Gasteiger charge is -2.10. The van der Waals surface area contributed by atoms with E-state index in [1.165, 1.54) is 12.1 Å². The Hall–Kier alpha value is -1.88. The molecule has 0 fully saturated rings. The van der Waals surface area contributed by atoms with Crippen molar-refractivity contribution in [2.75, 3.05) is 11.9 Å². The van der Waals surface area contributed by atoms with Crippen LogP contribution in [0, 0.1) is 12.7 Å². The van der Waals surface area contributed by atoms with E-state index in [0.717, 1.165) is 11.3 Å². The molecule has 0 aliphatic rings. The fourth-order valence-corrected chi connectivity index (χ4v) is 2.23. The number of amides is 1. The molecular weight excluding hydrogens is 337 g/mol. The summed E-state index contributed by atoms with van der Waals surface area (Å²) in [6.07, 6.45) is 0. The maximum atomic E-state index is 13.7. The fourth-order valence-electron chi connectivity index (χ4n) is 1.89. The molecule has 21 heavy (non-hydrogen) atoms. The fraction of sp³-hybridized carbons (Fsp3) is 0.188. The van der Waals surface area contributed by atoms with Crippen LogP contribution in [0.2, 0.25) is 0 Å². The summed E-state index contributed by atoms with van der Waals surface area (Å²) >= 11 is 3.17. The van der Waals surface area contributed by atoms with E-state index in [2.05, 4.69) is 21.2 Å². The van der Waals surface area contributed by atoms with Crippen molar-refractivity contribution in [2.45, 2.75) is 13.8 Å². The zero-order chi connectivity index (χ0) is 15.4. The highest BCUT2D eigenvalue weighted by molar-refractivity contribution is 9.10. The first-order chi connectivity index (χ1) is 10.0. The molecule has 2 aromatic rings. The van der Waals surface area contributed by atoms with Gasteiger partial charge in [0.05, 0.1) is 12.3 Å². The maximum absolute atomic E-state index is 13.7. The Kier molecular flexibility index (Phi) is 4.96. The molecule has 1 N–H and O–H groups in total. The molecule has 0 saturated carbocycles. The predicted octanol–water partition coefficient (Wildman–Crippen LogP) is 4.55. The third-order valence-corrected chi connectivity index (χ3v) is 3.41. The second-order valence-electron chi connectivity index (χ2n) is 4.49. The molecule has 1 amide bonds. The minimum absolute atomic E-state index is 0.148. The Morgan fingerprint density at radius 3 is 2.67 bits per heavy atom. The molecule has 0 spiro atoms. The van der Waals surface area contributed by atoms with Crippen LogP contribution in [-0.4, -0.2) is 12.5 Å². The maximum Gasteiger partial charge on any atom is 0.255 e. The van der Waals surface area contributed by atoms with Gasteiger partial charge in [0, 0.05) is 10.0 Å². The molecule has 0 atom stereocenters. The lowest BCUT2D eigenvalue weighted by molar-refractivity contribution is 0.102. The third-order valence-electron chi connectivity index (χ3n) is 2.92. The number of rotatable bonds is 4. The van der Waals surface area contributed by atoms with Crippen molar-refractivity contribution >= 4 is 27.5 Å². The molecule has 5 heteroatoms. The van der Waals surface area contributed by atoms with Gasteiger partial charge in [0.25, 0.3) is 5.91 Å². The van der Waals surface area contributed by atoms with Gasteiger partial charge >= 0.3 is 0 Å². The topological polar surface area (TPSA) is 38.3 Å². The van der Waals surface area contributed by atoms with Crippen molar-refractivity contribution in [3.63, 3.8) is 0 Å². The van der Waals surface area contributed by atoms with Gasteiger partial charge in [0.1, 0.15) is 11.6 Å². The van der Waals surface area contributed by atoms with Gasteiger partial charge < -0.3 is 10.1 Å². The van der Waals surface area contributed by atoms with Gasteiger partial charge in [-0.1, -0.05) is 15.9 Å².